The monoisotopic (exact) mass is 508 g/mol. The average molecular weight is 509 g/mol. The van der Waals surface area contributed by atoms with Crippen LogP contribution in [0.3, 0.4) is 0 Å². The third-order valence-corrected chi connectivity index (χ3v) is 7.72. The van der Waals surface area contributed by atoms with E-state index in [4.69, 9.17) is 4.74 Å². The fraction of sp³-hybridized carbons (Fsp3) is 0.500. The van der Waals surface area contributed by atoms with Crippen LogP contribution in [0.1, 0.15) is 77.8 Å². The molecule has 2 aromatic heterocycles. The van der Waals surface area contributed by atoms with E-state index in [1.807, 2.05) is 6.92 Å². The zero-order valence-corrected chi connectivity index (χ0v) is 21.4. The number of rotatable bonds is 7. The van der Waals surface area contributed by atoms with Gasteiger partial charge in [0.15, 0.2) is 22.9 Å². The number of amides is 1. The van der Waals surface area contributed by atoms with Gasteiger partial charge in [-0.3, -0.25) is 9.59 Å². The molecule has 0 unspecified atom stereocenters. The predicted molar refractivity (Wildman–Crippen MR) is 137 cm³/mol. The second-order valence-electron chi connectivity index (χ2n) is 10.2. The molecule has 0 spiro atoms. The van der Waals surface area contributed by atoms with Gasteiger partial charge in [-0.15, -0.1) is 0 Å². The van der Waals surface area contributed by atoms with Crippen LogP contribution in [-0.4, -0.2) is 44.7 Å². The highest BCUT2D eigenvalue weighted by atomic mass is 19.1. The van der Waals surface area contributed by atoms with Crippen molar-refractivity contribution >= 4 is 17.5 Å². The summed E-state index contributed by atoms with van der Waals surface area (Å²) in [5.41, 5.74) is 4.10. The number of nitrogens with zero attached hydrogens (tertiary/aromatic N) is 3. The molecule has 5 rings (SSSR count). The van der Waals surface area contributed by atoms with Gasteiger partial charge in [-0.05, 0) is 50.7 Å². The van der Waals surface area contributed by atoms with Crippen molar-refractivity contribution in [1.82, 2.24) is 19.9 Å². The minimum absolute atomic E-state index is 0.198. The van der Waals surface area contributed by atoms with Gasteiger partial charge in [-0.1, -0.05) is 32.1 Å². The van der Waals surface area contributed by atoms with Crippen molar-refractivity contribution in [2.45, 2.75) is 71.6 Å². The van der Waals surface area contributed by atoms with E-state index in [0.717, 1.165) is 24.0 Å². The molecular formula is C28H33FN4O4. The molecule has 0 atom stereocenters. The molecule has 2 aliphatic rings. The number of carboxylic acid groups (broad SMARTS) is 1. The van der Waals surface area contributed by atoms with Crippen LogP contribution < -0.4 is 10.1 Å². The summed E-state index contributed by atoms with van der Waals surface area (Å²) >= 11 is 0. The highest BCUT2D eigenvalue weighted by Crippen LogP contribution is 2.39. The lowest BCUT2D eigenvalue weighted by Crippen LogP contribution is -2.26. The number of carboxylic acids is 1. The molecule has 1 saturated carbocycles. The average Bonchev–Trinajstić information content (AvgIpc) is 3.31. The zero-order valence-electron chi connectivity index (χ0n) is 21.4. The van der Waals surface area contributed by atoms with Gasteiger partial charge in [-0.25, -0.2) is 13.9 Å². The maximum atomic E-state index is 15.2. The molecule has 8 nitrogen and oxygen atoms in total. The summed E-state index contributed by atoms with van der Waals surface area (Å²) in [4.78, 5) is 29.3. The number of ether oxygens (including phenoxy) is 1. The SMILES string of the molecule is Cc1nc2cc(C(=O)NCCC3CCCCC3)nn2c(-c2cc(F)c3c(c2C)CCCO3)c1CC(=O)O. The summed E-state index contributed by atoms with van der Waals surface area (Å²) < 4.78 is 22.2. The summed E-state index contributed by atoms with van der Waals surface area (Å²) in [7, 11) is 0. The molecule has 1 aliphatic heterocycles. The summed E-state index contributed by atoms with van der Waals surface area (Å²) in [5, 5.41) is 17.2. The number of nitrogens with one attached hydrogen (secondary N) is 1. The maximum absolute atomic E-state index is 15.2. The highest BCUT2D eigenvalue weighted by molar-refractivity contribution is 5.93. The molecule has 1 aliphatic carbocycles. The number of hydrogen-bond acceptors (Lipinski definition) is 5. The summed E-state index contributed by atoms with van der Waals surface area (Å²) in [6.07, 6.45) is 8.32. The smallest absolute Gasteiger partial charge is 0.307 e. The first-order chi connectivity index (χ1) is 17.8. The van der Waals surface area contributed by atoms with Crippen LogP contribution in [0.5, 0.6) is 5.75 Å². The zero-order chi connectivity index (χ0) is 26.1. The Morgan fingerprint density at radius 2 is 1.97 bits per heavy atom. The Kier molecular flexibility index (Phi) is 7.13. The van der Waals surface area contributed by atoms with Crippen LogP contribution in [0.25, 0.3) is 16.9 Å². The molecule has 1 aromatic carbocycles. The van der Waals surface area contributed by atoms with E-state index in [2.05, 4.69) is 15.4 Å². The molecule has 0 saturated heterocycles. The molecule has 9 heteroatoms. The molecule has 0 radical (unpaired) electrons. The van der Waals surface area contributed by atoms with E-state index in [0.29, 0.717) is 53.7 Å². The third kappa shape index (κ3) is 5.04. The first kappa shape index (κ1) is 25.2. The topological polar surface area (TPSA) is 106 Å². The number of hydrogen-bond donors (Lipinski definition) is 2. The summed E-state index contributed by atoms with van der Waals surface area (Å²) in [6, 6.07) is 2.98. The molecule has 196 valence electrons. The van der Waals surface area contributed by atoms with Crippen LogP contribution in [0.2, 0.25) is 0 Å². The number of fused-ring (bicyclic) bond motifs is 2. The standard InChI is InChI=1S/C28H33FN4O4/c1-16-19-9-6-12-37-27(19)22(29)13-20(16)26-21(14-25(34)35)17(2)31-24-15-23(32-33(24)26)28(36)30-11-10-18-7-4-3-5-8-18/h13,15,18H,3-12,14H2,1-2H3,(H,30,36)(H,34,35). The van der Waals surface area contributed by atoms with E-state index >= 15 is 4.39 Å². The number of benzene rings is 1. The molecule has 3 heterocycles. The lowest BCUT2D eigenvalue weighted by atomic mass is 9.87. The maximum Gasteiger partial charge on any atom is 0.307 e. The van der Waals surface area contributed by atoms with Crippen molar-refractivity contribution in [1.29, 1.82) is 0 Å². The van der Waals surface area contributed by atoms with Crippen molar-refractivity contribution in [3.8, 4) is 17.0 Å². The lowest BCUT2D eigenvalue weighted by Gasteiger charge is -2.23. The Balaban J connectivity index is 1.55. The van der Waals surface area contributed by atoms with E-state index in [9.17, 15) is 14.7 Å². The molecule has 3 aromatic rings. The van der Waals surface area contributed by atoms with Gasteiger partial charge in [0.2, 0.25) is 0 Å². The minimum Gasteiger partial charge on any atom is -0.490 e. The van der Waals surface area contributed by atoms with Crippen molar-refractivity contribution in [2.75, 3.05) is 13.2 Å². The molecular weight excluding hydrogens is 475 g/mol. The van der Waals surface area contributed by atoms with Crippen LogP contribution in [0, 0.1) is 25.6 Å². The second kappa shape index (κ2) is 10.5. The fourth-order valence-corrected chi connectivity index (χ4v) is 5.76. The molecule has 1 amide bonds. The van der Waals surface area contributed by atoms with Gasteiger partial charge in [0.1, 0.15) is 0 Å². The van der Waals surface area contributed by atoms with Gasteiger partial charge in [0, 0.05) is 35.0 Å². The Morgan fingerprint density at radius 1 is 1.19 bits per heavy atom. The van der Waals surface area contributed by atoms with Gasteiger partial charge >= 0.3 is 5.97 Å². The number of aromatic nitrogens is 3. The molecule has 37 heavy (non-hydrogen) atoms. The number of carbonyl (C=O) groups excluding carboxylic acids is 1. The number of carbonyl (C=O) groups is 2. The largest absolute Gasteiger partial charge is 0.490 e. The molecule has 2 N–H and O–H groups in total. The van der Waals surface area contributed by atoms with Gasteiger partial charge < -0.3 is 15.2 Å². The van der Waals surface area contributed by atoms with Crippen molar-refractivity contribution < 1.29 is 23.8 Å². The Labute approximate surface area is 215 Å². The highest BCUT2D eigenvalue weighted by Gasteiger charge is 2.26. The van der Waals surface area contributed by atoms with Crippen molar-refractivity contribution in [2.24, 2.45) is 5.92 Å². The van der Waals surface area contributed by atoms with Crippen molar-refractivity contribution in [3.05, 3.63) is 46.0 Å². The minimum atomic E-state index is -1.03. The third-order valence-electron chi connectivity index (χ3n) is 7.72. The number of halogens is 1. The predicted octanol–water partition coefficient (Wildman–Crippen LogP) is 4.80. The van der Waals surface area contributed by atoms with Gasteiger partial charge in [-0.2, -0.15) is 5.10 Å². The van der Waals surface area contributed by atoms with E-state index in [1.54, 1.807) is 13.0 Å². The number of aliphatic carboxylic acids is 1. The first-order valence-electron chi connectivity index (χ1n) is 13.2. The van der Waals surface area contributed by atoms with Crippen molar-refractivity contribution in [3.63, 3.8) is 0 Å². The molecule has 1 fully saturated rings. The van der Waals surface area contributed by atoms with Crippen LogP contribution in [-0.2, 0) is 17.6 Å². The Hall–Kier alpha value is -3.49. The quantitative estimate of drug-likeness (QED) is 0.475. The summed E-state index contributed by atoms with van der Waals surface area (Å²) in [6.45, 7) is 4.66. The van der Waals surface area contributed by atoms with Crippen LogP contribution >= 0.6 is 0 Å². The van der Waals surface area contributed by atoms with E-state index in [-0.39, 0.29) is 23.8 Å². The Bertz CT molecular complexity index is 1360. The normalized spacial score (nSPS) is 15.9. The van der Waals surface area contributed by atoms with E-state index < -0.39 is 11.8 Å². The van der Waals surface area contributed by atoms with Crippen LogP contribution in [0.15, 0.2) is 12.1 Å². The Morgan fingerprint density at radius 3 is 2.73 bits per heavy atom. The number of aryl methyl sites for hydroxylation is 1. The lowest BCUT2D eigenvalue weighted by molar-refractivity contribution is -0.136. The van der Waals surface area contributed by atoms with Gasteiger partial charge in [0.05, 0.1) is 18.7 Å². The summed E-state index contributed by atoms with van der Waals surface area (Å²) in [5.74, 6) is -0.917. The van der Waals surface area contributed by atoms with Crippen LogP contribution in [0.4, 0.5) is 4.39 Å². The fourth-order valence-electron chi connectivity index (χ4n) is 5.76. The van der Waals surface area contributed by atoms with Gasteiger partial charge in [0.25, 0.3) is 5.91 Å². The van der Waals surface area contributed by atoms with E-state index in [1.165, 1.54) is 42.7 Å². The first-order valence-corrected chi connectivity index (χ1v) is 13.2. The molecule has 0 bridgehead atoms. The second-order valence-corrected chi connectivity index (χ2v) is 10.2.